The number of imidazole rings is 1. The molecule has 0 radical (unpaired) electrons. The van der Waals surface area contributed by atoms with Crippen LogP contribution in [0.2, 0.25) is 0 Å². The summed E-state index contributed by atoms with van der Waals surface area (Å²) < 4.78 is 1.63. The Morgan fingerprint density at radius 1 is 0.952 bits per heavy atom. The van der Waals surface area contributed by atoms with E-state index in [-0.39, 0.29) is 5.69 Å². The van der Waals surface area contributed by atoms with E-state index in [9.17, 15) is 4.79 Å². The number of aromatic amines is 1. The number of nitrogens with one attached hydrogen (secondary N) is 1. The average molecular weight is 279 g/mol. The van der Waals surface area contributed by atoms with Gasteiger partial charge in [-0.1, -0.05) is 30.3 Å². The average Bonchev–Trinajstić information content (AvgIpc) is 2.90. The third-order valence-electron chi connectivity index (χ3n) is 3.45. The van der Waals surface area contributed by atoms with Crippen LogP contribution in [0.3, 0.4) is 0 Å². The fraction of sp³-hybridized carbons (Fsp3) is 0.118. The molecule has 0 fully saturated rings. The summed E-state index contributed by atoms with van der Waals surface area (Å²) in [4.78, 5) is 17.1. The normalized spacial score (nSPS) is 10.6. The first-order valence-corrected chi connectivity index (χ1v) is 6.80. The lowest BCUT2D eigenvalue weighted by Crippen LogP contribution is -2.14. The molecule has 106 valence electrons. The number of aromatic nitrogens is 2. The van der Waals surface area contributed by atoms with Crippen LogP contribution in [0.5, 0.6) is 0 Å². The van der Waals surface area contributed by atoms with Gasteiger partial charge in [0.05, 0.1) is 11.4 Å². The summed E-state index contributed by atoms with van der Waals surface area (Å²) in [6.07, 6.45) is 1.84. The number of H-pyrrole nitrogens is 1. The molecule has 1 heterocycles. The summed E-state index contributed by atoms with van der Waals surface area (Å²) in [6, 6.07) is 17.7. The molecule has 4 heteroatoms. The number of benzene rings is 2. The lowest BCUT2D eigenvalue weighted by molar-refractivity contribution is 0.986. The molecule has 0 aliphatic rings. The van der Waals surface area contributed by atoms with Crippen molar-refractivity contribution >= 4 is 5.69 Å². The molecule has 21 heavy (non-hydrogen) atoms. The van der Waals surface area contributed by atoms with Gasteiger partial charge in [0, 0.05) is 26.0 Å². The van der Waals surface area contributed by atoms with E-state index < -0.39 is 0 Å². The topological polar surface area (TPSA) is 41.0 Å². The first kappa shape index (κ1) is 13.2. The van der Waals surface area contributed by atoms with Gasteiger partial charge in [-0.05, 0) is 29.8 Å². The van der Waals surface area contributed by atoms with E-state index >= 15 is 0 Å². The first-order chi connectivity index (χ1) is 10.1. The van der Waals surface area contributed by atoms with Crippen molar-refractivity contribution in [3.8, 4) is 16.9 Å². The van der Waals surface area contributed by atoms with E-state index in [0.717, 1.165) is 22.6 Å². The lowest BCUT2D eigenvalue weighted by Gasteiger charge is -2.12. The lowest BCUT2D eigenvalue weighted by atomic mass is 10.2. The number of rotatable bonds is 3. The van der Waals surface area contributed by atoms with Gasteiger partial charge in [-0.25, -0.2) is 4.79 Å². The SMILES string of the molecule is CN(C)c1ccc(-n2cc(-c3ccccc3)[nH]c2=O)cc1. The molecule has 3 rings (SSSR count). The molecule has 0 saturated carbocycles. The highest BCUT2D eigenvalue weighted by molar-refractivity contribution is 5.59. The van der Waals surface area contributed by atoms with Crippen LogP contribution in [-0.2, 0) is 0 Å². The monoisotopic (exact) mass is 279 g/mol. The molecule has 0 saturated heterocycles. The zero-order chi connectivity index (χ0) is 14.8. The number of nitrogens with zero attached hydrogens (tertiary/aromatic N) is 2. The summed E-state index contributed by atoms with van der Waals surface area (Å²) in [7, 11) is 3.98. The Labute approximate surface area is 123 Å². The Hall–Kier alpha value is -2.75. The van der Waals surface area contributed by atoms with E-state index in [1.165, 1.54) is 0 Å². The van der Waals surface area contributed by atoms with E-state index in [4.69, 9.17) is 0 Å². The predicted molar refractivity (Wildman–Crippen MR) is 86.2 cm³/mol. The van der Waals surface area contributed by atoms with Gasteiger partial charge in [0.1, 0.15) is 0 Å². The molecule has 0 bridgehead atoms. The molecule has 0 atom stereocenters. The van der Waals surface area contributed by atoms with Crippen molar-refractivity contribution in [2.24, 2.45) is 0 Å². The van der Waals surface area contributed by atoms with Crippen LogP contribution in [0.25, 0.3) is 16.9 Å². The zero-order valence-electron chi connectivity index (χ0n) is 12.1. The second kappa shape index (κ2) is 5.32. The highest BCUT2D eigenvalue weighted by atomic mass is 16.1. The van der Waals surface area contributed by atoms with Crippen LogP contribution in [0, 0.1) is 0 Å². The van der Waals surface area contributed by atoms with Gasteiger partial charge >= 0.3 is 5.69 Å². The third kappa shape index (κ3) is 2.60. The molecular weight excluding hydrogens is 262 g/mol. The molecule has 1 aromatic heterocycles. The fourth-order valence-corrected chi connectivity index (χ4v) is 2.26. The minimum Gasteiger partial charge on any atom is -0.378 e. The molecule has 0 aliphatic heterocycles. The molecule has 2 aromatic carbocycles. The van der Waals surface area contributed by atoms with Crippen molar-refractivity contribution in [2.75, 3.05) is 19.0 Å². The molecule has 4 nitrogen and oxygen atoms in total. The van der Waals surface area contributed by atoms with Gasteiger partial charge in [-0.2, -0.15) is 0 Å². The highest BCUT2D eigenvalue weighted by Gasteiger charge is 2.07. The Morgan fingerprint density at radius 3 is 2.24 bits per heavy atom. The standard InChI is InChI=1S/C17H17N3O/c1-19(2)14-8-10-15(11-9-14)20-12-16(18-17(20)21)13-6-4-3-5-7-13/h3-12H,1-2H3,(H,18,21). The van der Waals surface area contributed by atoms with Crippen LogP contribution in [0.15, 0.2) is 65.6 Å². The van der Waals surface area contributed by atoms with Crippen LogP contribution in [0.1, 0.15) is 0 Å². The Morgan fingerprint density at radius 2 is 1.62 bits per heavy atom. The van der Waals surface area contributed by atoms with Crippen LogP contribution < -0.4 is 10.6 Å². The van der Waals surface area contributed by atoms with Gasteiger partial charge in [-0.3, -0.25) is 4.57 Å². The third-order valence-corrected chi connectivity index (χ3v) is 3.45. The zero-order valence-corrected chi connectivity index (χ0v) is 12.1. The second-order valence-electron chi connectivity index (χ2n) is 5.12. The summed E-state index contributed by atoms with van der Waals surface area (Å²) in [5, 5.41) is 0. The van der Waals surface area contributed by atoms with E-state index in [2.05, 4.69) is 4.98 Å². The van der Waals surface area contributed by atoms with E-state index in [1.54, 1.807) is 4.57 Å². The van der Waals surface area contributed by atoms with Crippen molar-refractivity contribution in [2.45, 2.75) is 0 Å². The molecule has 0 aliphatic carbocycles. The van der Waals surface area contributed by atoms with Crippen molar-refractivity contribution in [1.29, 1.82) is 0 Å². The van der Waals surface area contributed by atoms with E-state index in [0.29, 0.717) is 0 Å². The molecule has 0 unspecified atom stereocenters. The van der Waals surface area contributed by atoms with E-state index in [1.807, 2.05) is 79.8 Å². The molecule has 1 N–H and O–H groups in total. The number of hydrogen-bond acceptors (Lipinski definition) is 2. The molecule has 3 aromatic rings. The maximum Gasteiger partial charge on any atom is 0.330 e. The highest BCUT2D eigenvalue weighted by Crippen LogP contribution is 2.18. The minimum atomic E-state index is -0.133. The van der Waals surface area contributed by atoms with Crippen molar-refractivity contribution < 1.29 is 0 Å². The predicted octanol–water partition coefficient (Wildman–Crippen LogP) is 2.90. The maximum absolute atomic E-state index is 12.1. The summed E-state index contributed by atoms with van der Waals surface area (Å²) in [5.74, 6) is 0. The maximum atomic E-state index is 12.1. The smallest absolute Gasteiger partial charge is 0.330 e. The van der Waals surface area contributed by atoms with Crippen molar-refractivity contribution in [3.63, 3.8) is 0 Å². The largest absolute Gasteiger partial charge is 0.378 e. The van der Waals surface area contributed by atoms with Gasteiger partial charge in [0.25, 0.3) is 0 Å². The van der Waals surface area contributed by atoms with Crippen LogP contribution in [0.4, 0.5) is 5.69 Å². The minimum absolute atomic E-state index is 0.133. The molecular formula is C17H17N3O. The van der Waals surface area contributed by atoms with Crippen molar-refractivity contribution in [3.05, 3.63) is 71.3 Å². The second-order valence-corrected chi connectivity index (χ2v) is 5.12. The van der Waals surface area contributed by atoms with Crippen LogP contribution >= 0.6 is 0 Å². The quantitative estimate of drug-likeness (QED) is 0.801. The Bertz CT molecular complexity index is 783. The van der Waals surface area contributed by atoms with Gasteiger partial charge in [0.2, 0.25) is 0 Å². The van der Waals surface area contributed by atoms with Gasteiger partial charge in [-0.15, -0.1) is 0 Å². The van der Waals surface area contributed by atoms with Gasteiger partial charge < -0.3 is 9.88 Å². The summed E-state index contributed by atoms with van der Waals surface area (Å²) in [5.41, 5.74) is 3.64. The summed E-state index contributed by atoms with van der Waals surface area (Å²) in [6.45, 7) is 0. The fourth-order valence-electron chi connectivity index (χ4n) is 2.26. The molecule has 0 amide bonds. The Balaban J connectivity index is 2.00. The number of anilines is 1. The number of hydrogen-bond donors (Lipinski definition) is 1. The van der Waals surface area contributed by atoms with Crippen molar-refractivity contribution in [1.82, 2.24) is 9.55 Å². The summed E-state index contributed by atoms with van der Waals surface area (Å²) >= 11 is 0. The van der Waals surface area contributed by atoms with Gasteiger partial charge in [0.15, 0.2) is 0 Å². The first-order valence-electron chi connectivity index (χ1n) is 6.80. The molecule has 0 spiro atoms. The van der Waals surface area contributed by atoms with Crippen LogP contribution in [-0.4, -0.2) is 23.6 Å². The Kier molecular flexibility index (Phi) is 3.36.